The van der Waals surface area contributed by atoms with Gasteiger partial charge in [-0.05, 0) is 25.0 Å². The molecule has 0 heterocycles. The van der Waals surface area contributed by atoms with Gasteiger partial charge >= 0.3 is 0 Å². The Bertz CT molecular complexity index is 685. The molecule has 28 heavy (non-hydrogen) atoms. The van der Waals surface area contributed by atoms with Crippen molar-refractivity contribution in [1.82, 2.24) is 0 Å². The molecule has 146 valence electrons. The zero-order chi connectivity index (χ0) is 21.6. The lowest BCUT2D eigenvalue weighted by molar-refractivity contribution is 1.56. The highest BCUT2D eigenvalue weighted by molar-refractivity contribution is 5.46. The van der Waals surface area contributed by atoms with Crippen molar-refractivity contribution in [3.8, 4) is 0 Å². The Balaban J connectivity index is 0. The van der Waals surface area contributed by atoms with Crippen LogP contribution in [0.5, 0.6) is 0 Å². The summed E-state index contributed by atoms with van der Waals surface area (Å²) in [5.74, 6) is 0. The van der Waals surface area contributed by atoms with Crippen molar-refractivity contribution in [3.63, 3.8) is 0 Å². The van der Waals surface area contributed by atoms with Crippen molar-refractivity contribution in [2.24, 2.45) is 0 Å². The second-order valence-corrected chi connectivity index (χ2v) is 5.72. The molecule has 0 fully saturated rings. The molecule has 0 N–H and O–H groups in total. The Labute approximate surface area is 173 Å². The van der Waals surface area contributed by atoms with E-state index in [0.29, 0.717) is 0 Å². The van der Waals surface area contributed by atoms with Gasteiger partial charge < -0.3 is 0 Å². The van der Waals surface area contributed by atoms with Gasteiger partial charge in [0.1, 0.15) is 0 Å². The van der Waals surface area contributed by atoms with Gasteiger partial charge in [0.2, 0.25) is 0 Å². The smallest absolute Gasteiger partial charge is 0.0263 e. The predicted molar refractivity (Wildman–Crippen MR) is 132 cm³/mol. The summed E-state index contributed by atoms with van der Waals surface area (Å²) in [7, 11) is 0. The molecule has 0 amide bonds. The van der Waals surface area contributed by atoms with Crippen LogP contribution in [0.1, 0.15) is 25.0 Å². The fourth-order valence-electron chi connectivity index (χ4n) is 1.41. The zero-order valence-corrected chi connectivity index (χ0v) is 17.5. The Hall–Kier alpha value is -3.38. The largest absolute Gasteiger partial charge is 0.0991 e. The van der Waals surface area contributed by atoms with E-state index in [1.807, 2.05) is 98.8 Å². The Morgan fingerprint density at radius 3 is 1.14 bits per heavy atom. The summed E-state index contributed by atoms with van der Waals surface area (Å²) in [5.41, 5.74) is 4.42. The van der Waals surface area contributed by atoms with Crippen molar-refractivity contribution in [2.45, 2.75) is 13.8 Å². The maximum atomic E-state index is 3.66. The van der Waals surface area contributed by atoms with Gasteiger partial charge in [0.25, 0.3) is 0 Å². The second-order valence-electron chi connectivity index (χ2n) is 5.72. The molecule has 0 saturated carbocycles. The van der Waals surface area contributed by atoms with E-state index in [-0.39, 0.29) is 0 Å². The third kappa shape index (κ3) is 20.7. The highest BCUT2D eigenvalue weighted by atomic mass is 13.8. The van der Waals surface area contributed by atoms with Gasteiger partial charge in [0, 0.05) is 0 Å². The van der Waals surface area contributed by atoms with Crippen LogP contribution in [0.25, 0.3) is 12.2 Å². The maximum absolute atomic E-state index is 3.66. The number of allylic oxidation sites excluding steroid dienone is 6. The van der Waals surface area contributed by atoms with E-state index in [0.717, 1.165) is 11.1 Å². The lowest BCUT2D eigenvalue weighted by Gasteiger charge is -1.85. The van der Waals surface area contributed by atoms with Crippen LogP contribution >= 0.6 is 0 Å². The maximum Gasteiger partial charge on any atom is -0.0263 e. The number of rotatable bonds is 5. The Kier molecular flexibility index (Phi) is 19.1. The van der Waals surface area contributed by atoms with E-state index in [4.69, 9.17) is 0 Å². The fraction of sp³-hybridized carbons (Fsp3) is 0.0714. The molecule has 0 aliphatic rings. The summed E-state index contributed by atoms with van der Waals surface area (Å²) < 4.78 is 0. The van der Waals surface area contributed by atoms with Crippen LogP contribution in [0, 0.1) is 0 Å². The van der Waals surface area contributed by atoms with E-state index >= 15 is 0 Å². The van der Waals surface area contributed by atoms with Crippen molar-refractivity contribution in [1.29, 1.82) is 0 Å². The molecular formula is C28H34. The summed E-state index contributed by atoms with van der Waals surface area (Å²) in [5, 5.41) is 0. The molecule has 0 aliphatic carbocycles. The normalized spacial score (nSPS) is 8.36. The number of hydrogen-bond donors (Lipinski definition) is 0. The molecule has 0 aromatic heterocycles. The SMILES string of the molecule is C=CC(=C)C.C=CC=CC(=C)C.C=Cc1ccccc1.C=Cc1ccccc1. The van der Waals surface area contributed by atoms with Crippen LogP contribution in [0.15, 0.2) is 136 Å². The summed E-state index contributed by atoms with van der Waals surface area (Å²) in [6.45, 7) is 25.3. The standard InChI is InChI=1S/2C8H8.C7H10.C5H8/c2*1-2-8-6-4-3-5-7-8;1-4-5-6-7(2)3;1-4-5(2)3/h2*2-7H,1H2;4-6H,1-2H2,3H3;4H,1-2H2,3H3. The third-order valence-corrected chi connectivity index (χ3v) is 2.94. The van der Waals surface area contributed by atoms with Crippen LogP contribution in [0.2, 0.25) is 0 Å². The minimum Gasteiger partial charge on any atom is -0.0991 e. The highest BCUT2D eigenvalue weighted by Gasteiger charge is 1.76. The molecule has 0 aliphatic heterocycles. The van der Waals surface area contributed by atoms with E-state index < -0.39 is 0 Å². The Morgan fingerprint density at radius 1 is 0.643 bits per heavy atom. The molecule has 0 heteroatoms. The average molecular weight is 371 g/mol. The molecule has 0 spiro atoms. The van der Waals surface area contributed by atoms with Gasteiger partial charge in [-0.25, -0.2) is 0 Å². The third-order valence-electron chi connectivity index (χ3n) is 2.94. The van der Waals surface area contributed by atoms with E-state index in [2.05, 4.69) is 39.5 Å². The first-order chi connectivity index (χ1) is 13.4. The van der Waals surface area contributed by atoms with Crippen molar-refractivity contribution < 1.29 is 0 Å². The molecule has 0 nitrogen and oxygen atoms in total. The van der Waals surface area contributed by atoms with E-state index in [1.165, 1.54) is 11.1 Å². The number of hydrogen-bond acceptors (Lipinski definition) is 0. The molecule has 0 radical (unpaired) electrons. The quantitative estimate of drug-likeness (QED) is 0.462. The molecule has 0 saturated heterocycles. The predicted octanol–water partition coefficient (Wildman–Crippen LogP) is 8.71. The molecule has 2 aromatic rings. The lowest BCUT2D eigenvalue weighted by atomic mass is 10.2. The molecule has 2 aromatic carbocycles. The van der Waals surface area contributed by atoms with Crippen LogP contribution < -0.4 is 0 Å². The molecule has 2 rings (SSSR count). The summed E-state index contributed by atoms with van der Waals surface area (Å²) >= 11 is 0. The van der Waals surface area contributed by atoms with Crippen molar-refractivity contribution in [3.05, 3.63) is 147 Å². The van der Waals surface area contributed by atoms with E-state index in [9.17, 15) is 0 Å². The second kappa shape index (κ2) is 19.9. The highest BCUT2D eigenvalue weighted by Crippen LogP contribution is 1.98. The van der Waals surface area contributed by atoms with Crippen LogP contribution in [-0.4, -0.2) is 0 Å². The first-order valence-electron chi connectivity index (χ1n) is 8.98. The number of benzene rings is 2. The average Bonchev–Trinajstić information content (AvgIpc) is 2.74. The summed E-state index contributed by atoms with van der Waals surface area (Å²) in [6, 6.07) is 20.1. The minimum atomic E-state index is 1.02. The van der Waals surface area contributed by atoms with Crippen molar-refractivity contribution in [2.75, 3.05) is 0 Å². The van der Waals surface area contributed by atoms with Crippen LogP contribution in [0.3, 0.4) is 0 Å². The fourth-order valence-corrected chi connectivity index (χ4v) is 1.41. The van der Waals surface area contributed by atoms with Gasteiger partial charge in [-0.2, -0.15) is 0 Å². The van der Waals surface area contributed by atoms with Crippen LogP contribution in [-0.2, 0) is 0 Å². The van der Waals surface area contributed by atoms with Gasteiger partial charge in [0.15, 0.2) is 0 Å². The molecule has 0 unspecified atom stereocenters. The van der Waals surface area contributed by atoms with Gasteiger partial charge in [-0.3, -0.25) is 0 Å². The summed E-state index contributed by atoms with van der Waals surface area (Å²) in [4.78, 5) is 0. The molecule has 0 bridgehead atoms. The topological polar surface area (TPSA) is 0 Å². The lowest BCUT2D eigenvalue weighted by Crippen LogP contribution is -1.63. The minimum absolute atomic E-state index is 1.02. The zero-order valence-electron chi connectivity index (χ0n) is 17.5. The monoisotopic (exact) mass is 370 g/mol. The van der Waals surface area contributed by atoms with Gasteiger partial charge in [-0.15, -0.1) is 0 Å². The first kappa shape index (κ1) is 26.8. The van der Waals surface area contributed by atoms with Crippen LogP contribution in [0.4, 0.5) is 0 Å². The molecular weight excluding hydrogens is 336 g/mol. The first-order valence-corrected chi connectivity index (χ1v) is 8.98. The Morgan fingerprint density at radius 2 is 1.00 bits per heavy atom. The summed E-state index contributed by atoms with van der Waals surface area (Å²) in [6.07, 6.45) is 10.9. The van der Waals surface area contributed by atoms with Gasteiger partial charge in [-0.1, -0.05) is 148 Å². The van der Waals surface area contributed by atoms with Crippen molar-refractivity contribution >= 4 is 12.2 Å². The van der Waals surface area contributed by atoms with E-state index in [1.54, 1.807) is 12.2 Å². The molecule has 0 atom stereocenters. The van der Waals surface area contributed by atoms with Gasteiger partial charge in [0.05, 0.1) is 0 Å².